The Morgan fingerprint density at radius 3 is 2.50 bits per heavy atom. The topological polar surface area (TPSA) is 43.4 Å². The number of hydrogen-bond donors (Lipinski definition) is 0. The fraction of sp³-hybridized carbons (Fsp3) is 0. The van der Waals surface area contributed by atoms with Gasteiger partial charge >= 0.3 is 10.1 Å². The third-order valence-corrected chi connectivity index (χ3v) is 4.68. The van der Waals surface area contributed by atoms with E-state index in [1.807, 2.05) is 0 Å². The Hall–Kier alpha value is -1.04. The lowest BCUT2D eigenvalue weighted by molar-refractivity contribution is 0.488. The van der Waals surface area contributed by atoms with Crippen molar-refractivity contribution in [1.82, 2.24) is 0 Å². The highest BCUT2D eigenvalue weighted by atomic mass is 35.5. The van der Waals surface area contributed by atoms with Crippen LogP contribution in [0.2, 0.25) is 5.02 Å². The average molecular weight is 275 g/mol. The van der Waals surface area contributed by atoms with E-state index in [0.29, 0.717) is 0 Å². The lowest BCUT2D eigenvalue weighted by Crippen LogP contribution is -2.08. The van der Waals surface area contributed by atoms with Crippen LogP contribution in [0.5, 0.6) is 5.75 Å². The van der Waals surface area contributed by atoms with Crippen molar-refractivity contribution in [3.8, 4) is 5.75 Å². The van der Waals surface area contributed by atoms with Gasteiger partial charge in [-0.05, 0) is 23.6 Å². The number of halogens is 1. The van der Waals surface area contributed by atoms with Crippen molar-refractivity contribution in [3.05, 3.63) is 46.8 Å². The third kappa shape index (κ3) is 2.37. The van der Waals surface area contributed by atoms with E-state index in [2.05, 4.69) is 0 Å². The lowest BCUT2D eigenvalue weighted by Gasteiger charge is -2.05. The monoisotopic (exact) mass is 274 g/mol. The standard InChI is InChI=1S/C10H7ClO3S2/c11-8-4-1-2-5-9(8)14-16(12,13)10-6-3-7-15-10/h1-7H. The first-order valence-electron chi connectivity index (χ1n) is 4.32. The first-order valence-corrected chi connectivity index (χ1v) is 6.99. The summed E-state index contributed by atoms with van der Waals surface area (Å²) in [5, 5.41) is 1.94. The molecule has 84 valence electrons. The molecule has 0 N–H and O–H groups in total. The molecule has 3 nitrogen and oxygen atoms in total. The maximum Gasteiger partial charge on any atom is 0.348 e. The van der Waals surface area contributed by atoms with Gasteiger partial charge in [-0.1, -0.05) is 29.8 Å². The second kappa shape index (κ2) is 4.45. The molecule has 0 atom stereocenters. The molecule has 0 fully saturated rings. The van der Waals surface area contributed by atoms with Crippen LogP contribution in [0.3, 0.4) is 0 Å². The second-order valence-electron chi connectivity index (χ2n) is 2.90. The maximum atomic E-state index is 11.7. The molecule has 6 heteroatoms. The van der Waals surface area contributed by atoms with Gasteiger partial charge in [0.15, 0.2) is 9.96 Å². The summed E-state index contributed by atoms with van der Waals surface area (Å²) in [5.74, 6) is 0.137. The zero-order valence-electron chi connectivity index (χ0n) is 7.96. The molecule has 0 aliphatic rings. The number of benzene rings is 1. The van der Waals surface area contributed by atoms with Gasteiger partial charge < -0.3 is 4.18 Å². The van der Waals surface area contributed by atoms with Crippen LogP contribution in [0.15, 0.2) is 46.0 Å². The van der Waals surface area contributed by atoms with E-state index in [4.69, 9.17) is 15.8 Å². The summed E-state index contributed by atoms with van der Waals surface area (Å²) < 4.78 is 28.6. The Labute approximate surface area is 102 Å². The van der Waals surface area contributed by atoms with E-state index in [0.717, 1.165) is 11.3 Å². The predicted octanol–water partition coefficient (Wildman–Crippen LogP) is 3.17. The number of hydrogen-bond acceptors (Lipinski definition) is 4. The summed E-state index contributed by atoms with van der Waals surface area (Å²) in [6.45, 7) is 0. The van der Waals surface area contributed by atoms with Crippen LogP contribution in [-0.2, 0) is 10.1 Å². The van der Waals surface area contributed by atoms with Crippen molar-refractivity contribution in [2.45, 2.75) is 4.21 Å². The van der Waals surface area contributed by atoms with E-state index in [9.17, 15) is 8.42 Å². The summed E-state index contributed by atoms with van der Waals surface area (Å²) in [5.41, 5.74) is 0. The Balaban J connectivity index is 2.33. The van der Waals surface area contributed by atoms with E-state index in [-0.39, 0.29) is 15.0 Å². The van der Waals surface area contributed by atoms with Crippen LogP contribution in [0.4, 0.5) is 0 Å². The summed E-state index contributed by atoms with van der Waals surface area (Å²) >= 11 is 6.90. The molecule has 1 aromatic carbocycles. The van der Waals surface area contributed by atoms with Gasteiger partial charge in [-0.15, -0.1) is 11.3 Å². The quantitative estimate of drug-likeness (QED) is 0.808. The zero-order valence-corrected chi connectivity index (χ0v) is 10.3. The van der Waals surface area contributed by atoms with E-state index in [1.54, 1.807) is 29.6 Å². The van der Waals surface area contributed by atoms with E-state index >= 15 is 0 Å². The van der Waals surface area contributed by atoms with Crippen LogP contribution in [0.25, 0.3) is 0 Å². The Morgan fingerprint density at radius 1 is 1.12 bits per heavy atom. The molecule has 1 aromatic heterocycles. The number of thiophene rings is 1. The number of para-hydroxylation sites is 1. The average Bonchev–Trinajstić information content (AvgIpc) is 2.75. The van der Waals surface area contributed by atoms with Crippen molar-refractivity contribution in [3.63, 3.8) is 0 Å². The molecule has 1 heterocycles. The molecule has 2 rings (SSSR count). The van der Waals surface area contributed by atoms with Gasteiger partial charge in [-0.3, -0.25) is 0 Å². The molecule has 0 amide bonds. The molecule has 0 saturated carbocycles. The van der Waals surface area contributed by atoms with Gasteiger partial charge in [0.2, 0.25) is 0 Å². The largest absolute Gasteiger partial charge is 0.377 e. The fourth-order valence-electron chi connectivity index (χ4n) is 1.08. The molecular weight excluding hydrogens is 268 g/mol. The normalized spacial score (nSPS) is 11.3. The molecule has 0 bridgehead atoms. The van der Waals surface area contributed by atoms with Gasteiger partial charge in [0.1, 0.15) is 0 Å². The number of rotatable bonds is 3. The molecule has 16 heavy (non-hydrogen) atoms. The van der Waals surface area contributed by atoms with E-state index in [1.165, 1.54) is 12.1 Å². The van der Waals surface area contributed by atoms with Crippen molar-refractivity contribution in [1.29, 1.82) is 0 Å². The van der Waals surface area contributed by atoms with Crippen LogP contribution in [-0.4, -0.2) is 8.42 Å². The molecule has 0 radical (unpaired) electrons. The first-order chi connectivity index (χ1) is 7.59. The van der Waals surface area contributed by atoms with Gasteiger partial charge in [-0.25, -0.2) is 0 Å². The molecule has 0 unspecified atom stereocenters. The molecule has 2 aromatic rings. The SMILES string of the molecule is O=S(=O)(Oc1ccccc1Cl)c1cccs1. The van der Waals surface area contributed by atoms with Gasteiger partial charge in [0, 0.05) is 0 Å². The van der Waals surface area contributed by atoms with Crippen molar-refractivity contribution >= 4 is 33.1 Å². The summed E-state index contributed by atoms with van der Waals surface area (Å²) in [7, 11) is -3.76. The van der Waals surface area contributed by atoms with E-state index < -0.39 is 10.1 Å². The third-order valence-electron chi connectivity index (χ3n) is 1.78. The molecule has 0 aliphatic heterocycles. The van der Waals surface area contributed by atoms with Gasteiger partial charge in [0.05, 0.1) is 5.02 Å². The van der Waals surface area contributed by atoms with Gasteiger partial charge in [0.25, 0.3) is 0 Å². The van der Waals surface area contributed by atoms with Crippen molar-refractivity contribution in [2.24, 2.45) is 0 Å². The zero-order chi connectivity index (χ0) is 11.6. The highest BCUT2D eigenvalue weighted by Gasteiger charge is 2.18. The van der Waals surface area contributed by atoms with Crippen LogP contribution in [0.1, 0.15) is 0 Å². The van der Waals surface area contributed by atoms with Crippen LogP contribution >= 0.6 is 22.9 Å². The summed E-state index contributed by atoms with van der Waals surface area (Å²) in [4.78, 5) is 0. The van der Waals surface area contributed by atoms with Crippen molar-refractivity contribution in [2.75, 3.05) is 0 Å². The predicted molar refractivity (Wildman–Crippen MR) is 63.6 cm³/mol. The molecule has 0 saturated heterocycles. The highest BCUT2D eigenvalue weighted by Crippen LogP contribution is 2.27. The first kappa shape index (κ1) is 11.4. The minimum absolute atomic E-state index is 0.137. The maximum absolute atomic E-state index is 11.7. The Morgan fingerprint density at radius 2 is 1.88 bits per heavy atom. The molecule has 0 spiro atoms. The smallest absolute Gasteiger partial charge is 0.348 e. The Bertz CT molecular complexity index is 576. The van der Waals surface area contributed by atoms with Crippen molar-refractivity contribution < 1.29 is 12.6 Å². The second-order valence-corrected chi connectivity index (χ2v) is 6.03. The fourth-order valence-corrected chi connectivity index (χ4v) is 3.19. The highest BCUT2D eigenvalue weighted by molar-refractivity contribution is 7.89. The minimum Gasteiger partial charge on any atom is -0.377 e. The summed E-state index contributed by atoms with van der Waals surface area (Å²) in [6, 6.07) is 9.57. The van der Waals surface area contributed by atoms with Gasteiger partial charge in [-0.2, -0.15) is 8.42 Å². The lowest BCUT2D eigenvalue weighted by atomic mass is 10.3. The Kier molecular flexibility index (Phi) is 3.18. The summed E-state index contributed by atoms with van der Waals surface area (Å²) in [6.07, 6.45) is 0. The minimum atomic E-state index is -3.76. The molecular formula is C10H7ClO3S2. The van der Waals surface area contributed by atoms with Crippen LogP contribution in [0, 0.1) is 0 Å². The van der Waals surface area contributed by atoms with Crippen LogP contribution < -0.4 is 4.18 Å². The molecule has 0 aliphatic carbocycles.